The zero-order chi connectivity index (χ0) is 17.1. The lowest BCUT2D eigenvalue weighted by atomic mass is 10.3. The first-order valence-electron chi connectivity index (χ1n) is 7.52. The Hall–Kier alpha value is -1.94. The second kappa shape index (κ2) is 7.31. The Balaban J connectivity index is 1.66. The van der Waals surface area contributed by atoms with Crippen molar-refractivity contribution in [3.8, 4) is 0 Å². The summed E-state index contributed by atoms with van der Waals surface area (Å²) in [6, 6.07) is 1.37. The van der Waals surface area contributed by atoms with Gasteiger partial charge in [0.2, 0.25) is 5.13 Å². The number of methoxy groups -OCH3 is 1. The molecule has 0 aromatic carbocycles. The minimum Gasteiger partial charge on any atom is -0.377 e. The summed E-state index contributed by atoms with van der Waals surface area (Å²) in [5.41, 5.74) is -0.228. The molecule has 1 aliphatic heterocycles. The minimum atomic E-state index is -2.59. The van der Waals surface area contributed by atoms with Crippen molar-refractivity contribution in [1.82, 2.24) is 19.3 Å². The summed E-state index contributed by atoms with van der Waals surface area (Å²) in [6.07, 6.45) is -2.59. The molecule has 1 saturated heterocycles. The van der Waals surface area contributed by atoms with Gasteiger partial charge < -0.3 is 14.5 Å². The third-order valence-electron chi connectivity index (χ3n) is 3.67. The van der Waals surface area contributed by atoms with Crippen molar-refractivity contribution in [3.63, 3.8) is 0 Å². The maximum Gasteiger partial charge on any atom is 0.280 e. The number of halogens is 2. The van der Waals surface area contributed by atoms with Gasteiger partial charge in [0.25, 0.3) is 6.43 Å². The van der Waals surface area contributed by atoms with Gasteiger partial charge in [-0.15, -0.1) is 0 Å². The molecule has 1 fully saturated rings. The number of hydrogen-bond donors (Lipinski definition) is 0. The van der Waals surface area contributed by atoms with Gasteiger partial charge in [-0.2, -0.15) is 4.37 Å². The van der Waals surface area contributed by atoms with Gasteiger partial charge in [0, 0.05) is 50.9 Å². The lowest BCUT2D eigenvalue weighted by molar-refractivity contribution is 0.145. The Morgan fingerprint density at radius 2 is 1.88 bits per heavy atom. The van der Waals surface area contributed by atoms with Crippen molar-refractivity contribution in [1.29, 1.82) is 0 Å². The molecule has 3 rings (SSSR count). The van der Waals surface area contributed by atoms with E-state index in [1.165, 1.54) is 17.6 Å². The highest BCUT2D eigenvalue weighted by molar-refractivity contribution is 7.09. The summed E-state index contributed by atoms with van der Waals surface area (Å²) < 4.78 is 35.1. The van der Waals surface area contributed by atoms with E-state index in [1.54, 1.807) is 14.0 Å². The molecule has 0 aliphatic carbocycles. The van der Waals surface area contributed by atoms with E-state index in [4.69, 9.17) is 4.74 Å². The van der Waals surface area contributed by atoms with Crippen LogP contribution in [-0.2, 0) is 11.3 Å². The molecule has 0 unspecified atom stereocenters. The zero-order valence-electron chi connectivity index (χ0n) is 13.4. The fourth-order valence-corrected chi connectivity index (χ4v) is 3.26. The molecule has 0 amide bonds. The van der Waals surface area contributed by atoms with E-state index < -0.39 is 6.43 Å². The normalized spacial score (nSPS) is 15.4. The number of alkyl halides is 2. The molecule has 3 heterocycles. The average Bonchev–Trinajstić information content (AvgIpc) is 3.03. The highest BCUT2D eigenvalue weighted by Crippen LogP contribution is 2.24. The molecular weight excluding hydrogens is 338 g/mol. The topological polar surface area (TPSA) is 67.3 Å². The molecule has 1 aliphatic rings. The van der Waals surface area contributed by atoms with Gasteiger partial charge >= 0.3 is 0 Å². The lowest BCUT2D eigenvalue weighted by Gasteiger charge is -2.35. The zero-order valence-corrected chi connectivity index (χ0v) is 14.3. The minimum absolute atomic E-state index is 0.228. The van der Waals surface area contributed by atoms with E-state index in [-0.39, 0.29) is 5.69 Å². The van der Waals surface area contributed by atoms with Gasteiger partial charge in [0.1, 0.15) is 23.9 Å². The molecule has 10 heteroatoms. The molecule has 0 spiro atoms. The van der Waals surface area contributed by atoms with E-state index in [0.29, 0.717) is 37.2 Å². The second-order valence-electron chi connectivity index (χ2n) is 5.40. The van der Waals surface area contributed by atoms with Crippen LogP contribution in [0.4, 0.5) is 19.7 Å². The maximum absolute atomic E-state index is 12.9. The van der Waals surface area contributed by atoms with E-state index in [0.717, 1.165) is 18.2 Å². The molecule has 0 radical (unpaired) electrons. The number of aromatic nitrogens is 4. The van der Waals surface area contributed by atoms with Crippen molar-refractivity contribution < 1.29 is 13.5 Å². The van der Waals surface area contributed by atoms with Crippen LogP contribution in [0.2, 0.25) is 0 Å². The molecule has 0 atom stereocenters. The number of piperazine rings is 1. The van der Waals surface area contributed by atoms with Crippen LogP contribution in [0.3, 0.4) is 0 Å². The fourth-order valence-electron chi connectivity index (χ4n) is 2.54. The van der Waals surface area contributed by atoms with E-state index >= 15 is 0 Å². The Morgan fingerprint density at radius 1 is 1.17 bits per heavy atom. The average molecular weight is 356 g/mol. The van der Waals surface area contributed by atoms with Crippen LogP contribution in [0.15, 0.2) is 6.07 Å². The number of aryl methyl sites for hydroxylation is 1. The number of nitrogens with zero attached hydrogens (tertiary/aromatic N) is 6. The van der Waals surface area contributed by atoms with Crippen molar-refractivity contribution in [3.05, 3.63) is 23.4 Å². The van der Waals surface area contributed by atoms with Crippen molar-refractivity contribution in [2.75, 3.05) is 43.1 Å². The predicted molar refractivity (Wildman–Crippen MR) is 86.8 cm³/mol. The first-order valence-corrected chi connectivity index (χ1v) is 8.29. The van der Waals surface area contributed by atoms with E-state index in [1.807, 2.05) is 4.90 Å². The molecule has 2 aromatic heterocycles. The van der Waals surface area contributed by atoms with E-state index in [2.05, 4.69) is 24.2 Å². The van der Waals surface area contributed by atoms with E-state index in [9.17, 15) is 8.78 Å². The molecule has 130 valence electrons. The summed E-state index contributed by atoms with van der Waals surface area (Å²) >= 11 is 1.34. The summed E-state index contributed by atoms with van der Waals surface area (Å²) in [5.74, 6) is 1.58. The number of rotatable bonds is 5. The quantitative estimate of drug-likeness (QED) is 0.812. The molecule has 0 saturated carbocycles. The van der Waals surface area contributed by atoms with Gasteiger partial charge in [-0.3, -0.25) is 0 Å². The number of ether oxygens (including phenoxy) is 1. The maximum atomic E-state index is 12.9. The van der Waals surface area contributed by atoms with Gasteiger partial charge in [-0.1, -0.05) is 0 Å². The molecular formula is C14H18F2N6OS. The van der Waals surface area contributed by atoms with Gasteiger partial charge in [-0.25, -0.2) is 23.7 Å². The Morgan fingerprint density at radius 3 is 2.54 bits per heavy atom. The standard InChI is InChI=1S/C14H18F2N6OS/c1-9-17-10(13(15)16)7-12(18-9)21-3-5-22(6-4-21)14-19-11(8-23-2)20-24-14/h7,13H,3-6,8H2,1-2H3. The highest BCUT2D eigenvalue weighted by atomic mass is 32.1. The molecule has 24 heavy (non-hydrogen) atoms. The van der Waals surface area contributed by atoms with Crippen LogP contribution in [0.25, 0.3) is 0 Å². The van der Waals surface area contributed by atoms with Gasteiger partial charge in [0.15, 0.2) is 5.82 Å². The number of anilines is 2. The first kappa shape index (κ1) is 16.9. The van der Waals surface area contributed by atoms with Crippen LogP contribution in [0.1, 0.15) is 23.8 Å². The largest absolute Gasteiger partial charge is 0.377 e. The smallest absolute Gasteiger partial charge is 0.280 e. The van der Waals surface area contributed by atoms with Crippen LogP contribution in [-0.4, -0.2) is 52.6 Å². The van der Waals surface area contributed by atoms with Crippen molar-refractivity contribution in [2.45, 2.75) is 20.0 Å². The summed E-state index contributed by atoms with van der Waals surface area (Å²) in [5, 5.41) is 0.855. The first-order chi connectivity index (χ1) is 11.6. The van der Waals surface area contributed by atoms with Gasteiger partial charge in [-0.05, 0) is 6.92 Å². The highest BCUT2D eigenvalue weighted by Gasteiger charge is 2.22. The van der Waals surface area contributed by atoms with Crippen LogP contribution < -0.4 is 9.80 Å². The molecule has 0 N–H and O–H groups in total. The summed E-state index contributed by atoms with van der Waals surface area (Å²) in [7, 11) is 1.61. The van der Waals surface area contributed by atoms with Crippen molar-refractivity contribution in [2.24, 2.45) is 0 Å². The molecule has 7 nitrogen and oxygen atoms in total. The van der Waals surface area contributed by atoms with Gasteiger partial charge in [0.05, 0.1) is 0 Å². The van der Waals surface area contributed by atoms with Crippen molar-refractivity contribution >= 4 is 22.5 Å². The van der Waals surface area contributed by atoms with Crippen LogP contribution in [0, 0.1) is 6.92 Å². The monoisotopic (exact) mass is 356 g/mol. The Bertz CT molecular complexity index is 690. The fraction of sp³-hybridized carbons (Fsp3) is 0.571. The SMILES string of the molecule is COCc1nsc(N2CCN(c3cc(C(F)F)nc(C)n3)CC2)n1. The lowest BCUT2D eigenvalue weighted by Crippen LogP contribution is -2.47. The van der Waals surface area contributed by atoms with Crippen LogP contribution in [0.5, 0.6) is 0 Å². The number of hydrogen-bond acceptors (Lipinski definition) is 8. The predicted octanol–water partition coefficient (Wildman–Crippen LogP) is 2.05. The summed E-state index contributed by atoms with van der Waals surface area (Å²) in [6.45, 7) is 4.84. The second-order valence-corrected chi connectivity index (χ2v) is 6.13. The third kappa shape index (κ3) is 3.75. The summed E-state index contributed by atoms with van der Waals surface area (Å²) in [4.78, 5) is 16.6. The molecule has 2 aromatic rings. The van der Waals surface area contributed by atoms with Crippen LogP contribution >= 0.6 is 11.5 Å². The third-order valence-corrected chi connectivity index (χ3v) is 4.49. The Labute approximate surface area is 142 Å². The molecule has 0 bridgehead atoms. The Kier molecular flexibility index (Phi) is 5.14.